The standard InChI is InChI=1S/C20H13ClN6O/c1-12-17(13-5-7-14(21)8-6-13)19-24-23-18-15(27(19)25-12)9-11-26(20(18)28)16-4-2-3-10-22-16/h2-11H,1H3. The van der Waals surface area contributed by atoms with Gasteiger partial charge in [-0.3, -0.25) is 9.36 Å². The molecule has 28 heavy (non-hydrogen) atoms. The van der Waals surface area contributed by atoms with Crippen LogP contribution in [0.4, 0.5) is 0 Å². The molecule has 4 heterocycles. The van der Waals surface area contributed by atoms with Gasteiger partial charge in [-0.05, 0) is 42.8 Å². The first-order chi connectivity index (χ1) is 13.6. The van der Waals surface area contributed by atoms with Gasteiger partial charge < -0.3 is 0 Å². The monoisotopic (exact) mass is 388 g/mol. The lowest BCUT2D eigenvalue weighted by Crippen LogP contribution is -2.20. The molecule has 0 amide bonds. The Hall–Kier alpha value is -3.58. The molecular weight excluding hydrogens is 376 g/mol. The zero-order valence-electron chi connectivity index (χ0n) is 14.7. The third-order valence-corrected chi connectivity index (χ3v) is 4.84. The fourth-order valence-electron chi connectivity index (χ4n) is 3.28. The van der Waals surface area contributed by atoms with Crippen LogP contribution in [0.1, 0.15) is 5.69 Å². The summed E-state index contributed by atoms with van der Waals surface area (Å²) in [6.45, 7) is 1.90. The second-order valence-electron chi connectivity index (χ2n) is 6.32. The van der Waals surface area contributed by atoms with Crippen LogP contribution in [0.15, 0.2) is 65.7 Å². The Morgan fingerprint density at radius 1 is 1.00 bits per heavy atom. The van der Waals surface area contributed by atoms with Crippen LogP contribution < -0.4 is 5.56 Å². The summed E-state index contributed by atoms with van der Waals surface area (Å²) in [5.41, 5.74) is 3.69. The lowest BCUT2D eigenvalue weighted by molar-refractivity contribution is 0.895. The van der Waals surface area contributed by atoms with Crippen molar-refractivity contribution in [3.05, 3.63) is 82.0 Å². The van der Waals surface area contributed by atoms with Crippen LogP contribution >= 0.6 is 11.6 Å². The number of benzene rings is 1. The van der Waals surface area contributed by atoms with E-state index in [4.69, 9.17) is 11.6 Å². The maximum absolute atomic E-state index is 12.9. The van der Waals surface area contributed by atoms with E-state index in [0.29, 0.717) is 22.0 Å². The summed E-state index contributed by atoms with van der Waals surface area (Å²) in [5, 5.41) is 13.8. The molecule has 0 aliphatic carbocycles. The van der Waals surface area contributed by atoms with E-state index in [2.05, 4.69) is 20.3 Å². The van der Waals surface area contributed by atoms with Crippen molar-refractivity contribution in [3.63, 3.8) is 0 Å². The van der Waals surface area contributed by atoms with Crippen LogP contribution in [-0.2, 0) is 0 Å². The maximum atomic E-state index is 12.9. The van der Waals surface area contributed by atoms with Gasteiger partial charge in [-0.25, -0.2) is 9.50 Å². The third-order valence-electron chi connectivity index (χ3n) is 4.58. The highest BCUT2D eigenvalue weighted by atomic mass is 35.5. The zero-order chi connectivity index (χ0) is 19.3. The Morgan fingerprint density at radius 3 is 2.57 bits per heavy atom. The number of hydrogen-bond donors (Lipinski definition) is 0. The highest BCUT2D eigenvalue weighted by molar-refractivity contribution is 6.30. The lowest BCUT2D eigenvalue weighted by Gasteiger charge is -2.06. The molecule has 0 unspecified atom stereocenters. The molecule has 0 saturated carbocycles. The maximum Gasteiger partial charge on any atom is 0.286 e. The number of rotatable bonds is 2. The van der Waals surface area contributed by atoms with Gasteiger partial charge in [0.25, 0.3) is 5.56 Å². The topological polar surface area (TPSA) is 78.0 Å². The lowest BCUT2D eigenvalue weighted by atomic mass is 10.1. The molecule has 0 bridgehead atoms. The number of fused-ring (bicyclic) bond motifs is 3. The summed E-state index contributed by atoms with van der Waals surface area (Å²) < 4.78 is 3.10. The second kappa shape index (κ2) is 6.24. The molecule has 1 aromatic carbocycles. The van der Waals surface area contributed by atoms with Crippen molar-refractivity contribution in [2.75, 3.05) is 0 Å². The molecule has 0 aliphatic rings. The molecule has 0 radical (unpaired) electrons. The molecule has 8 heteroatoms. The summed E-state index contributed by atoms with van der Waals surface area (Å²) in [5.74, 6) is 0.523. The van der Waals surface area contributed by atoms with E-state index in [9.17, 15) is 4.79 Å². The molecule has 0 aliphatic heterocycles. The van der Waals surface area contributed by atoms with E-state index in [1.54, 1.807) is 35.1 Å². The molecule has 0 N–H and O–H groups in total. The van der Waals surface area contributed by atoms with E-state index >= 15 is 0 Å². The molecule has 0 atom stereocenters. The van der Waals surface area contributed by atoms with Crippen LogP contribution in [0.3, 0.4) is 0 Å². The summed E-state index contributed by atoms with van der Waals surface area (Å²) in [4.78, 5) is 17.2. The Balaban J connectivity index is 1.78. The molecule has 7 nitrogen and oxygen atoms in total. The van der Waals surface area contributed by atoms with Crippen molar-refractivity contribution < 1.29 is 0 Å². The quantitative estimate of drug-likeness (QED) is 0.463. The summed E-state index contributed by atoms with van der Waals surface area (Å²) >= 11 is 6.00. The van der Waals surface area contributed by atoms with Gasteiger partial charge in [0, 0.05) is 17.4 Å². The van der Waals surface area contributed by atoms with Crippen molar-refractivity contribution in [2.45, 2.75) is 6.92 Å². The molecule has 5 rings (SSSR count). The van der Waals surface area contributed by atoms with E-state index in [-0.39, 0.29) is 11.1 Å². The number of hydrogen-bond acceptors (Lipinski definition) is 5. The Morgan fingerprint density at radius 2 is 1.82 bits per heavy atom. The van der Waals surface area contributed by atoms with Gasteiger partial charge in [0.05, 0.1) is 11.3 Å². The number of aromatic nitrogens is 6. The Bertz CT molecular complexity index is 1390. The van der Waals surface area contributed by atoms with Crippen molar-refractivity contribution in [1.29, 1.82) is 0 Å². The molecule has 0 fully saturated rings. The smallest absolute Gasteiger partial charge is 0.266 e. The van der Waals surface area contributed by atoms with Crippen LogP contribution in [0.5, 0.6) is 0 Å². The molecule has 0 saturated heterocycles. The van der Waals surface area contributed by atoms with Crippen molar-refractivity contribution in [3.8, 4) is 16.9 Å². The number of nitrogens with zero attached hydrogens (tertiary/aromatic N) is 6. The molecule has 0 spiro atoms. The minimum atomic E-state index is -0.299. The van der Waals surface area contributed by atoms with Crippen LogP contribution in [0.2, 0.25) is 5.02 Å². The van der Waals surface area contributed by atoms with Crippen molar-refractivity contribution >= 4 is 28.3 Å². The van der Waals surface area contributed by atoms with Crippen LogP contribution in [0, 0.1) is 6.92 Å². The van der Waals surface area contributed by atoms with Crippen molar-refractivity contribution in [2.24, 2.45) is 0 Å². The van der Waals surface area contributed by atoms with Gasteiger partial charge in [0.2, 0.25) is 0 Å². The predicted octanol–water partition coefficient (Wildman–Crippen LogP) is 3.45. The normalized spacial score (nSPS) is 11.4. The zero-order valence-corrected chi connectivity index (χ0v) is 15.5. The molecular formula is C20H13ClN6O. The summed E-state index contributed by atoms with van der Waals surface area (Å²) in [6.07, 6.45) is 3.31. The van der Waals surface area contributed by atoms with Gasteiger partial charge >= 0.3 is 0 Å². The van der Waals surface area contributed by atoms with Gasteiger partial charge in [0.15, 0.2) is 11.2 Å². The Kier molecular flexibility index (Phi) is 3.70. The predicted molar refractivity (Wildman–Crippen MR) is 107 cm³/mol. The van der Waals surface area contributed by atoms with Gasteiger partial charge in [0.1, 0.15) is 11.3 Å². The summed E-state index contributed by atoms with van der Waals surface area (Å²) in [6, 6.07) is 14.6. The van der Waals surface area contributed by atoms with Gasteiger partial charge in [-0.15, -0.1) is 10.2 Å². The first kappa shape index (κ1) is 16.6. The fourth-order valence-corrected chi connectivity index (χ4v) is 3.41. The average Bonchev–Trinajstić information content (AvgIpc) is 3.06. The van der Waals surface area contributed by atoms with Crippen LogP contribution in [-0.4, -0.2) is 29.4 Å². The van der Waals surface area contributed by atoms with E-state index in [0.717, 1.165) is 16.8 Å². The fraction of sp³-hybridized carbons (Fsp3) is 0.0500. The summed E-state index contributed by atoms with van der Waals surface area (Å²) in [7, 11) is 0. The van der Waals surface area contributed by atoms with E-state index < -0.39 is 0 Å². The van der Waals surface area contributed by atoms with Gasteiger partial charge in [-0.1, -0.05) is 29.8 Å². The van der Waals surface area contributed by atoms with Crippen molar-refractivity contribution in [1.82, 2.24) is 29.4 Å². The SMILES string of the molecule is Cc1nn2c(nnc3c(=O)n(-c4ccccn4)ccc32)c1-c1ccc(Cl)cc1. The number of pyridine rings is 2. The van der Waals surface area contributed by atoms with Crippen LogP contribution in [0.25, 0.3) is 33.6 Å². The average molecular weight is 389 g/mol. The highest BCUT2D eigenvalue weighted by Gasteiger charge is 2.17. The number of aryl methyl sites for hydroxylation is 1. The van der Waals surface area contributed by atoms with Gasteiger partial charge in [-0.2, -0.15) is 5.10 Å². The van der Waals surface area contributed by atoms with E-state index in [1.807, 2.05) is 37.3 Å². The molecule has 5 aromatic rings. The molecule has 136 valence electrons. The second-order valence-corrected chi connectivity index (χ2v) is 6.75. The Labute approximate surface area is 163 Å². The first-order valence-electron chi connectivity index (χ1n) is 8.58. The minimum Gasteiger partial charge on any atom is -0.266 e. The third kappa shape index (κ3) is 2.48. The number of halogens is 1. The highest BCUT2D eigenvalue weighted by Crippen LogP contribution is 2.29. The minimum absolute atomic E-state index is 0.228. The first-order valence-corrected chi connectivity index (χ1v) is 8.96. The van der Waals surface area contributed by atoms with E-state index in [1.165, 1.54) is 4.57 Å². The largest absolute Gasteiger partial charge is 0.286 e. The molecule has 4 aromatic heterocycles.